The number of hydrogen-bond donors (Lipinski definition) is 0. The van der Waals surface area contributed by atoms with Gasteiger partial charge in [-0.05, 0) is 17.8 Å². The summed E-state index contributed by atoms with van der Waals surface area (Å²) in [6.07, 6.45) is 43.9. The van der Waals surface area contributed by atoms with Crippen molar-refractivity contribution in [2.75, 3.05) is 0 Å². The van der Waals surface area contributed by atoms with Crippen LogP contribution in [0, 0.1) is 17.8 Å². The molecule has 0 N–H and O–H groups in total. The topological polar surface area (TPSA) is 0 Å². The van der Waals surface area contributed by atoms with Crippen LogP contribution in [0.2, 0.25) is 0 Å². The second kappa shape index (κ2) is 21.3. The van der Waals surface area contributed by atoms with Crippen molar-refractivity contribution in [1.29, 1.82) is 0 Å². The maximum absolute atomic E-state index is 2.55. The van der Waals surface area contributed by atoms with Crippen molar-refractivity contribution >= 4 is 0 Å². The van der Waals surface area contributed by atoms with Gasteiger partial charge in [-0.3, -0.25) is 0 Å². The molecule has 0 aromatic heterocycles. The van der Waals surface area contributed by atoms with Crippen LogP contribution in [0.3, 0.4) is 0 Å². The van der Waals surface area contributed by atoms with Crippen LogP contribution in [0.4, 0.5) is 0 Å². The van der Waals surface area contributed by atoms with Crippen LogP contribution in [0.25, 0.3) is 0 Å². The van der Waals surface area contributed by atoms with Gasteiger partial charge in [0.2, 0.25) is 0 Å². The molecule has 0 heteroatoms. The van der Waals surface area contributed by atoms with Crippen molar-refractivity contribution in [2.45, 2.75) is 193 Å². The summed E-state index contributed by atoms with van der Waals surface area (Å²) in [6.45, 7) is 2.55. The zero-order valence-electron chi connectivity index (χ0n) is 23.2. The third-order valence-corrected chi connectivity index (χ3v) is 9.48. The van der Waals surface area contributed by atoms with Crippen LogP contribution >= 0.6 is 0 Å². The Kier molecular flexibility index (Phi) is 18.9. The Morgan fingerprint density at radius 1 is 0.333 bits per heavy atom. The highest BCUT2D eigenvalue weighted by molar-refractivity contribution is 4.78. The molecule has 0 radical (unpaired) electrons. The van der Waals surface area contributed by atoms with Crippen LogP contribution in [0.5, 0.6) is 0 Å². The van der Waals surface area contributed by atoms with E-state index in [1.54, 1.807) is 25.7 Å². The van der Waals surface area contributed by atoms with E-state index >= 15 is 0 Å². The average molecular weight is 461 g/mol. The van der Waals surface area contributed by atoms with Crippen molar-refractivity contribution in [2.24, 2.45) is 17.8 Å². The van der Waals surface area contributed by atoms with Gasteiger partial charge in [0.15, 0.2) is 0 Å². The number of hydrogen-bond acceptors (Lipinski definition) is 0. The van der Waals surface area contributed by atoms with Crippen LogP contribution in [0.1, 0.15) is 193 Å². The Balaban J connectivity index is 1.92. The van der Waals surface area contributed by atoms with Crippen molar-refractivity contribution in [3.05, 3.63) is 0 Å². The van der Waals surface area contributed by atoms with Gasteiger partial charge in [0.25, 0.3) is 0 Å². The molecule has 0 nitrogen and oxygen atoms in total. The first-order valence-electron chi connectivity index (χ1n) is 16.4. The van der Waals surface area contributed by atoms with E-state index in [2.05, 4.69) is 6.92 Å². The number of rotatable bonds is 3. The Morgan fingerprint density at radius 2 is 0.515 bits per heavy atom. The molecule has 0 saturated heterocycles. The lowest BCUT2D eigenvalue weighted by atomic mass is 9.71. The van der Waals surface area contributed by atoms with E-state index in [1.807, 2.05) is 0 Å². The normalized spacial score (nSPS) is 24.9. The van der Waals surface area contributed by atoms with Crippen molar-refractivity contribution < 1.29 is 0 Å². The summed E-state index contributed by atoms with van der Waals surface area (Å²) < 4.78 is 0. The minimum absolute atomic E-state index is 1.02. The Labute approximate surface area is 210 Å². The molecule has 0 aromatic rings. The molecule has 33 heavy (non-hydrogen) atoms. The van der Waals surface area contributed by atoms with E-state index < -0.39 is 0 Å². The van der Waals surface area contributed by atoms with E-state index in [0.717, 1.165) is 17.8 Å². The van der Waals surface area contributed by atoms with Gasteiger partial charge in [0.05, 0.1) is 0 Å². The third-order valence-electron chi connectivity index (χ3n) is 9.48. The molecule has 0 heterocycles. The van der Waals surface area contributed by atoms with Gasteiger partial charge in [0, 0.05) is 0 Å². The van der Waals surface area contributed by atoms with Gasteiger partial charge in [-0.2, -0.15) is 0 Å². The monoisotopic (exact) mass is 461 g/mol. The van der Waals surface area contributed by atoms with E-state index in [1.165, 1.54) is 161 Å². The van der Waals surface area contributed by atoms with Crippen molar-refractivity contribution in [3.63, 3.8) is 0 Å². The van der Waals surface area contributed by atoms with Crippen LogP contribution in [-0.2, 0) is 0 Å². The maximum Gasteiger partial charge on any atom is -0.0360 e. The van der Waals surface area contributed by atoms with Crippen molar-refractivity contribution in [3.8, 4) is 0 Å². The predicted molar refractivity (Wildman–Crippen MR) is 150 cm³/mol. The maximum atomic E-state index is 2.55. The van der Waals surface area contributed by atoms with Gasteiger partial charge >= 0.3 is 0 Å². The molecule has 2 fully saturated rings. The smallest absolute Gasteiger partial charge is 0.0360 e. The summed E-state index contributed by atoms with van der Waals surface area (Å²) in [5.41, 5.74) is 0. The van der Waals surface area contributed by atoms with Gasteiger partial charge < -0.3 is 0 Å². The molecular formula is C33H64. The fourth-order valence-electron chi connectivity index (χ4n) is 7.36. The first kappa shape index (κ1) is 29.2. The zero-order valence-corrected chi connectivity index (χ0v) is 23.2. The van der Waals surface area contributed by atoms with Gasteiger partial charge in [-0.1, -0.05) is 193 Å². The summed E-state index contributed by atoms with van der Waals surface area (Å²) in [7, 11) is 0. The van der Waals surface area contributed by atoms with E-state index in [0.29, 0.717) is 0 Å². The molecule has 2 aliphatic rings. The van der Waals surface area contributed by atoms with Crippen LogP contribution < -0.4 is 0 Å². The molecule has 2 saturated carbocycles. The van der Waals surface area contributed by atoms with Crippen molar-refractivity contribution in [1.82, 2.24) is 0 Å². The molecule has 0 aromatic carbocycles. The zero-order chi connectivity index (χ0) is 23.2. The molecule has 196 valence electrons. The summed E-state index contributed by atoms with van der Waals surface area (Å²) in [5.74, 6) is 3.09. The Bertz CT molecular complexity index is 331. The molecule has 0 aliphatic heterocycles. The summed E-state index contributed by atoms with van der Waals surface area (Å²) >= 11 is 0. The van der Waals surface area contributed by atoms with E-state index in [4.69, 9.17) is 0 Å². The highest BCUT2D eigenvalue weighted by Gasteiger charge is 2.27. The summed E-state index contributed by atoms with van der Waals surface area (Å²) in [4.78, 5) is 0. The molecule has 0 amide bonds. The first-order valence-corrected chi connectivity index (χ1v) is 16.4. The largest absolute Gasteiger partial charge is 0.0651 e. The molecular weight excluding hydrogens is 396 g/mol. The lowest BCUT2D eigenvalue weighted by molar-refractivity contribution is 0.164. The quantitative estimate of drug-likeness (QED) is 0.392. The Hall–Kier alpha value is 0. The fraction of sp³-hybridized carbons (Fsp3) is 1.00. The predicted octanol–water partition coefficient (Wildman–Crippen LogP) is 12.2. The third kappa shape index (κ3) is 14.9. The van der Waals surface area contributed by atoms with Gasteiger partial charge in [0.1, 0.15) is 0 Å². The van der Waals surface area contributed by atoms with Gasteiger partial charge in [-0.25, -0.2) is 0 Å². The molecule has 0 spiro atoms. The standard InChI is InChI=1S/C33H64/c1-2-33(31-27-23-19-15-11-7-3-4-8-12-16-20-24-28-31)32-29-25-21-17-13-9-5-6-10-14-18-22-26-30-32/h31-33H,2-30H2,1H3. The lowest BCUT2D eigenvalue weighted by Gasteiger charge is -2.34. The highest BCUT2D eigenvalue weighted by atomic mass is 14.3. The molecule has 0 bridgehead atoms. The highest BCUT2D eigenvalue weighted by Crippen LogP contribution is 2.38. The Morgan fingerprint density at radius 3 is 0.697 bits per heavy atom. The lowest BCUT2D eigenvalue weighted by Crippen LogP contribution is -2.24. The molecule has 0 atom stereocenters. The minimum atomic E-state index is 1.02. The molecule has 2 rings (SSSR count). The molecule has 0 unspecified atom stereocenters. The summed E-state index contributed by atoms with van der Waals surface area (Å²) in [5, 5.41) is 0. The second-order valence-corrected chi connectivity index (χ2v) is 12.2. The van der Waals surface area contributed by atoms with Crippen LogP contribution in [-0.4, -0.2) is 0 Å². The van der Waals surface area contributed by atoms with E-state index in [-0.39, 0.29) is 0 Å². The average Bonchev–Trinajstić information content (AvgIpc) is 2.84. The fourth-order valence-corrected chi connectivity index (χ4v) is 7.36. The molecule has 2 aliphatic carbocycles. The SMILES string of the molecule is CCC(C1CCCCCCCCCCCCCC1)C1CCCCCCCCCCCCCC1. The van der Waals surface area contributed by atoms with E-state index in [9.17, 15) is 0 Å². The minimum Gasteiger partial charge on any atom is -0.0651 e. The van der Waals surface area contributed by atoms with Crippen LogP contribution in [0.15, 0.2) is 0 Å². The summed E-state index contributed by atoms with van der Waals surface area (Å²) in [6, 6.07) is 0. The van der Waals surface area contributed by atoms with Gasteiger partial charge in [-0.15, -0.1) is 0 Å². The first-order chi connectivity index (χ1) is 16.4. The second-order valence-electron chi connectivity index (χ2n) is 12.2.